The zero-order valence-corrected chi connectivity index (χ0v) is 8.61. The van der Waals surface area contributed by atoms with Crippen LogP contribution in [0.1, 0.15) is 12.5 Å². The molecule has 0 bridgehead atoms. The minimum atomic E-state index is -0.867. The van der Waals surface area contributed by atoms with Crippen LogP contribution in [0, 0.1) is 5.82 Å². The first-order chi connectivity index (χ1) is 7.11. The van der Waals surface area contributed by atoms with Crippen molar-refractivity contribution < 1.29 is 14.3 Å². The van der Waals surface area contributed by atoms with Gasteiger partial charge < -0.3 is 5.11 Å². The van der Waals surface area contributed by atoms with Crippen molar-refractivity contribution in [3.05, 3.63) is 35.6 Å². The Morgan fingerprint density at radius 2 is 2.27 bits per heavy atom. The van der Waals surface area contributed by atoms with E-state index in [0.717, 1.165) is 5.56 Å². The summed E-state index contributed by atoms with van der Waals surface area (Å²) >= 11 is 0. The zero-order valence-electron chi connectivity index (χ0n) is 8.61. The van der Waals surface area contributed by atoms with Gasteiger partial charge in [-0.2, -0.15) is 0 Å². The highest BCUT2D eigenvalue weighted by Crippen LogP contribution is 2.06. The summed E-state index contributed by atoms with van der Waals surface area (Å²) in [5, 5.41) is 8.63. The lowest BCUT2D eigenvalue weighted by atomic mass is 10.2. The Labute approximate surface area is 88.1 Å². The molecule has 3 nitrogen and oxygen atoms in total. The van der Waals surface area contributed by atoms with Gasteiger partial charge in [0.05, 0.1) is 6.54 Å². The molecule has 0 aliphatic carbocycles. The Hall–Kier alpha value is -1.42. The van der Waals surface area contributed by atoms with Crippen LogP contribution in [0.3, 0.4) is 0 Å². The highest BCUT2D eigenvalue weighted by atomic mass is 19.1. The Morgan fingerprint density at radius 1 is 1.53 bits per heavy atom. The number of benzene rings is 1. The number of carbonyl (C=O) groups is 1. The molecule has 0 unspecified atom stereocenters. The lowest BCUT2D eigenvalue weighted by Crippen LogP contribution is -2.29. The maximum Gasteiger partial charge on any atom is 0.317 e. The third-order valence-electron chi connectivity index (χ3n) is 2.10. The number of hydrogen-bond acceptors (Lipinski definition) is 2. The van der Waals surface area contributed by atoms with Crippen LogP contribution >= 0.6 is 0 Å². The van der Waals surface area contributed by atoms with Crippen LogP contribution in [0.15, 0.2) is 24.3 Å². The van der Waals surface area contributed by atoms with Crippen LogP contribution in [0.2, 0.25) is 0 Å². The predicted octanol–water partition coefficient (Wildman–Crippen LogP) is 1.73. The summed E-state index contributed by atoms with van der Waals surface area (Å²) in [6.45, 7) is 2.94. The van der Waals surface area contributed by atoms with Gasteiger partial charge in [0.15, 0.2) is 0 Å². The molecule has 0 amide bonds. The summed E-state index contributed by atoms with van der Waals surface area (Å²) < 4.78 is 12.8. The van der Waals surface area contributed by atoms with E-state index in [9.17, 15) is 9.18 Å². The van der Waals surface area contributed by atoms with Crippen molar-refractivity contribution in [2.75, 3.05) is 13.1 Å². The first kappa shape index (κ1) is 11.7. The van der Waals surface area contributed by atoms with Gasteiger partial charge in [-0.15, -0.1) is 0 Å². The molecule has 0 fully saturated rings. The van der Waals surface area contributed by atoms with Gasteiger partial charge in [-0.1, -0.05) is 19.1 Å². The predicted molar refractivity (Wildman–Crippen MR) is 55.0 cm³/mol. The number of carboxylic acid groups (broad SMARTS) is 1. The normalized spacial score (nSPS) is 10.6. The van der Waals surface area contributed by atoms with Crippen LogP contribution in [0.5, 0.6) is 0 Å². The Kier molecular flexibility index (Phi) is 4.24. The fourth-order valence-electron chi connectivity index (χ4n) is 1.36. The number of likely N-dealkylation sites (N-methyl/N-ethyl adjacent to an activating group) is 1. The molecule has 0 saturated carbocycles. The average molecular weight is 211 g/mol. The molecular weight excluding hydrogens is 197 g/mol. The van der Waals surface area contributed by atoms with Gasteiger partial charge >= 0.3 is 5.97 Å². The summed E-state index contributed by atoms with van der Waals surface area (Å²) in [5.74, 6) is -1.16. The largest absolute Gasteiger partial charge is 0.480 e. The molecule has 0 radical (unpaired) electrons. The standard InChI is InChI=1S/C11H14FNO2/c1-2-13(8-11(14)15)7-9-4-3-5-10(12)6-9/h3-6H,2,7-8H2,1H3,(H,14,15). The molecule has 1 aromatic carbocycles. The number of hydrogen-bond donors (Lipinski definition) is 1. The molecule has 0 aromatic heterocycles. The van der Waals surface area contributed by atoms with Gasteiger partial charge in [-0.25, -0.2) is 4.39 Å². The van der Waals surface area contributed by atoms with Gasteiger partial charge in [-0.3, -0.25) is 9.69 Å². The van der Waals surface area contributed by atoms with Gasteiger partial charge in [0.2, 0.25) is 0 Å². The molecule has 0 heterocycles. The number of nitrogens with zero attached hydrogens (tertiary/aromatic N) is 1. The topological polar surface area (TPSA) is 40.5 Å². The summed E-state index contributed by atoms with van der Waals surface area (Å²) in [6, 6.07) is 6.20. The van der Waals surface area contributed by atoms with Gasteiger partial charge in [-0.05, 0) is 24.2 Å². The summed E-state index contributed by atoms with van der Waals surface area (Å²) in [7, 11) is 0. The molecule has 0 atom stereocenters. The maximum atomic E-state index is 12.8. The van der Waals surface area contributed by atoms with Crippen LogP contribution < -0.4 is 0 Å². The molecular formula is C11H14FNO2. The van der Waals surface area contributed by atoms with Gasteiger partial charge in [0, 0.05) is 6.54 Å². The van der Waals surface area contributed by atoms with Gasteiger partial charge in [0.1, 0.15) is 5.82 Å². The summed E-state index contributed by atoms with van der Waals surface area (Å²) in [4.78, 5) is 12.2. The number of carboxylic acids is 1. The smallest absolute Gasteiger partial charge is 0.317 e. The lowest BCUT2D eigenvalue weighted by Gasteiger charge is -2.17. The van der Waals surface area contributed by atoms with Crippen LogP contribution in [0.25, 0.3) is 0 Å². The third-order valence-corrected chi connectivity index (χ3v) is 2.10. The van der Waals surface area contributed by atoms with Crippen molar-refractivity contribution in [1.82, 2.24) is 4.90 Å². The van der Waals surface area contributed by atoms with Crippen molar-refractivity contribution >= 4 is 5.97 Å². The second kappa shape index (κ2) is 5.46. The van der Waals surface area contributed by atoms with Crippen LogP contribution in [-0.2, 0) is 11.3 Å². The minimum Gasteiger partial charge on any atom is -0.480 e. The number of rotatable bonds is 5. The van der Waals surface area contributed by atoms with E-state index in [-0.39, 0.29) is 12.4 Å². The number of halogens is 1. The van der Waals surface area contributed by atoms with Crippen LogP contribution in [0.4, 0.5) is 4.39 Å². The second-order valence-electron chi connectivity index (χ2n) is 3.33. The fourth-order valence-corrected chi connectivity index (χ4v) is 1.36. The average Bonchev–Trinajstić information content (AvgIpc) is 2.16. The first-order valence-electron chi connectivity index (χ1n) is 4.80. The Morgan fingerprint density at radius 3 is 2.80 bits per heavy atom. The molecule has 1 N–H and O–H groups in total. The zero-order chi connectivity index (χ0) is 11.3. The van der Waals surface area contributed by atoms with E-state index in [1.165, 1.54) is 12.1 Å². The van der Waals surface area contributed by atoms with Crippen LogP contribution in [-0.4, -0.2) is 29.1 Å². The monoisotopic (exact) mass is 211 g/mol. The molecule has 15 heavy (non-hydrogen) atoms. The van der Waals surface area contributed by atoms with E-state index in [0.29, 0.717) is 13.1 Å². The van der Waals surface area contributed by atoms with Crippen molar-refractivity contribution in [2.45, 2.75) is 13.5 Å². The molecule has 0 saturated heterocycles. The van der Waals surface area contributed by atoms with E-state index < -0.39 is 5.97 Å². The van der Waals surface area contributed by atoms with Crippen molar-refractivity contribution in [3.63, 3.8) is 0 Å². The highest BCUT2D eigenvalue weighted by Gasteiger charge is 2.08. The third kappa shape index (κ3) is 4.08. The minimum absolute atomic E-state index is 0.0208. The van der Waals surface area contributed by atoms with E-state index >= 15 is 0 Å². The molecule has 4 heteroatoms. The molecule has 1 rings (SSSR count). The Balaban J connectivity index is 2.62. The van der Waals surface area contributed by atoms with E-state index in [4.69, 9.17) is 5.11 Å². The second-order valence-corrected chi connectivity index (χ2v) is 3.33. The van der Waals surface area contributed by atoms with Crippen molar-refractivity contribution in [3.8, 4) is 0 Å². The van der Waals surface area contributed by atoms with Gasteiger partial charge in [0.25, 0.3) is 0 Å². The van der Waals surface area contributed by atoms with E-state index in [1.54, 1.807) is 17.0 Å². The molecule has 0 spiro atoms. The first-order valence-corrected chi connectivity index (χ1v) is 4.80. The van der Waals surface area contributed by atoms with Crippen molar-refractivity contribution in [1.29, 1.82) is 0 Å². The lowest BCUT2D eigenvalue weighted by molar-refractivity contribution is -0.138. The van der Waals surface area contributed by atoms with Crippen molar-refractivity contribution in [2.24, 2.45) is 0 Å². The Bertz CT molecular complexity index is 341. The highest BCUT2D eigenvalue weighted by molar-refractivity contribution is 5.69. The summed E-state index contributed by atoms with van der Waals surface area (Å²) in [6.07, 6.45) is 0. The summed E-state index contributed by atoms with van der Waals surface area (Å²) in [5.41, 5.74) is 0.790. The quantitative estimate of drug-likeness (QED) is 0.806. The van der Waals surface area contributed by atoms with E-state index in [1.807, 2.05) is 6.92 Å². The van der Waals surface area contributed by atoms with E-state index in [2.05, 4.69) is 0 Å². The fraction of sp³-hybridized carbons (Fsp3) is 0.364. The number of aliphatic carboxylic acids is 1. The maximum absolute atomic E-state index is 12.8. The molecule has 0 aliphatic heterocycles. The SMILES string of the molecule is CCN(CC(=O)O)Cc1cccc(F)c1. The molecule has 82 valence electrons. The molecule has 0 aliphatic rings. The molecule has 1 aromatic rings.